The number of ether oxygens (including phenoxy) is 1. The molecule has 0 aromatic heterocycles. The number of benzene rings is 2. The summed E-state index contributed by atoms with van der Waals surface area (Å²) in [6.07, 6.45) is 0. The number of hydrogen-bond acceptors (Lipinski definition) is 3. The minimum absolute atomic E-state index is 0.0461. The summed E-state index contributed by atoms with van der Waals surface area (Å²) >= 11 is 0. The predicted octanol–water partition coefficient (Wildman–Crippen LogP) is 3.11. The van der Waals surface area contributed by atoms with Gasteiger partial charge in [0.2, 0.25) is 0 Å². The monoisotopic (exact) mass is 354 g/mol. The summed E-state index contributed by atoms with van der Waals surface area (Å²) in [6.45, 7) is 5.47. The Morgan fingerprint density at radius 1 is 1.00 bits per heavy atom. The van der Waals surface area contributed by atoms with E-state index in [1.807, 2.05) is 49.1 Å². The van der Waals surface area contributed by atoms with Crippen LogP contribution in [0.15, 0.2) is 54.6 Å². The minimum atomic E-state index is -0.175. The van der Waals surface area contributed by atoms with E-state index in [2.05, 4.69) is 5.32 Å². The van der Waals surface area contributed by atoms with Gasteiger partial charge in [-0.25, -0.2) is 0 Å². The molecule has 2 aromatic carbocycles. The lowest BCUT2D eigenvalue weighted by Gasteiger charge is -2.27. The Balaban J connectivity index is 2.07. The first-order chi connectivity index (χ1) is 12.5. The predicted molar refractivity (Wildman–Crippen MR) is 102 cm³/mol. The van der Waals surface area contributed by atoms with Gasteiger partial charge in [-0.3, -0.25) is 9.59 Å². The van der Waals surface area contributed by atoms with Crippen molar-refractivity contribution in [1.82, 2.24) is 10.2 Å². The van der Waals surface area contributed by atoms with Gasteiger partial charge in [0, 0.05) is 37.4 Å². The highest BCUT2D eigenvalue weighted by molar-refractivity contribution is 5.97. The van der Waals surface area contributed by atoms with Gasteiger partial charge >= 0.3 is 0 Å². The van der Waals surface area contributed by atoms with Crippen LogP contribution in [-0.4, -0.2) is 43.0 Å². The van der Waals surface area contributed by atoms with Gasteiger partial charge < -0.3 is 15.0 Å². The average molecular weight is 354 g/mol. The molecule has 5 nitrogen and oxygen atoms in total. The number of rotatable bonds is 8. The molecular formula is C21H26N2O3. The molecule has 26 heavy (non-hydrogen) atoms. The van der Waals surface area contributed by atoms with E-state index in [9.17, 15) is 9.59 Å². The topological polar surface area (TPSA) is 58.6 Å². The normalized spacial score (nSPS) is 10.6. The summed E-state index contributed by atoms with van der Waals surface area (Å²) in [4.78, 5) is 26.7. The smallest absolute Gasteiger partial charge is 0.254 e. The van der Waals surface area contributed by atoms with E-state index in [4.69, 9.17) is 4.74 Å². The van der Waals surface area contributed by atoms with Crippen molar-refractivity contribution in [1.29, 1.82) is 0 Å². The number of amides is 2. The van der Waals surface area contributed by atoms with Gasteiger partial charge in [-0.15, -0.1) is 0 Å². The molecule has 2 amide bonds. The zero-order valence-electron chi connectivity index (χ0n) is 15.6. The summed E-state index contributed by atoms with van der Waals surface area (Å²) < 4.78 is 4.91. The number of carbonyl (C=O) groups is 2. The molecule has 0 spiro atoms. The van der Waals surface area contributed by atoms with Crippen LogP contribution < -0.4 is 5.32 Å². The summed E-state index contributed by atoms with van der Waals surface area (Å²) in [5.74, 6) is -0.221. The van der Waals surface area contributed by atoms with Crippen molar-refractivity contribution in [3.63, 3.8) is 0 Å². The van der Waals surface area contributed by atoms with Gasteiger partial charge in [0.1, 0.15) is 0 Å². The highest BCUT2D eigenvalue weighted by Gasteiger charge is 2.19. The molecule has 138 valence electrons. The zero-order chi connectivity index (χ0) is 18.9. The Kier molecular flexibility index (Phi) is 7.36. The lowest BCUT2D eigenvalue weighted by atomic mass is 10.1. The zero-order valence-corrected chi connectivity index (χ0v) is 15.6. The second-order valence-electron chi connectivity index (χ2n) is 6.34. The van der Waals surface area contributed by atoms with Crippen LogP contribution in [0.4, 0.5) is 0 Å². The highest BCUT2D eigenvalue weighted by atomic mass is 16.5. The second kappa shape index (κ2) is 9.73. The maximum Gasteiger partial charge on any atom is 0.254 e. The number of nitrogens with one attached hydrogen (secondary N) is 1. The largest absolute Gasteiger partial charge is 0.383 e. The van der Waals surface area contributed by atoms with Crippen molar-refractivity contribution in [2.75, 3.05) is 20.3 Å². The second-order valence-corrected chi connectivity index (χ2v) is 6.34. The third kappa shape index (κ3) is 5.43. The van der Waals surface area contributed by atoms with Gasteiger partial charge in [0.15, 0.2) is 0 Å². The van der Waals surface area contributed by atoms with Crippen LogP contribution in [0.25, 0.3) is 0 Å². The number of methoxy groups -OCH3 is 1. The van der Waals surface area contributed by atoms with Crippen LogP contribution in [0.1, 0.15) is 40.1 Å². The molecular weight excluding hydrogens is 328 g/mol. The van der Waals surface area contributed by atoms with Gasteiger partial charge in [0.25, 0.3) is 11.8 Å². The maximum absolute atomic E-state index is 12.9. The number of hydrogen-bond donors (Lipinski definition) is 1. The van der Waals surface area contributed by atoms with Crippen molar-refractivity contribution >= 4 is 11.8 Å². The first-order valence-electron chi connectivity index (χ1n) is 8.75. The molecule has 0 aliphatic carbocycles. The van der Waals surface area contributed by atoms with Crippen LogP contribution in [-0.2, 0) is 11.3 Å². The van der Waals surface area contributed by atoms with Gasteiger partial charge in [-0.1, -0.05) is 30.3 Å². The van der Waals surface area contributed by atoms with Crippen LogP contribution in [0.2, 0.25) is 0 Å². The quantitative estimate of drug-likeness (QED) is 0.741. The van der Waals surface area contributed by atoms with Crippen molar-refractivity contribution in [2.45, 2.75) is 26.4 Å². The van der Waals surface area contributed by atoms with E-state index in [1.54, 1.807) is 31.4 Å². The molecule has 2 aromatic rings. The summed E-state index contributed by atoms with van der Waals surface area (Å²) in [6, 6.07) is 16.7. The van der Waals surface area contributed by atoms with Crippen LogP contribution in [0.5, 0.6) is 0 Å². The Hall–Kier alpha value is -2.66. The Morgan fingerprint density at radius 2 is 1.62 bits per heavy atom. The van der Waals surface area contributed by atoms with Crippen LogP contribution >= 0.6 is 0 Å². The summed E-state index contributed by atoms with van der Waals surface area (Å²) in [5.41, 5.74) is 2.18. The van der Waals surface area contributed by atoms with E-state index in [-0.39, 0.29) is 17.9 Å². The first kappa shape index (κ1) is 19.7. The van der Waals surface area contributed by atoms with Crippen molar-refractivity contribution in [3.8, 4) is 0 Å². The van der Waals surface area contributed by atoms with Gasteiger partial charge in [-0.05, 0) is 43.7 Å². The fraction of sp³-hybridized carbons (Fsp3) is 0.333. The van der Waals surface area contributed by atoms with Crippen LogP contribution in [0.3, 0.4) is 0 Å². The molecule has 1 N–H and O–H groups in total. The Morgan fingerprint density at radius 3 is 2.19 bits per heavy atom. The molecule has 0 aliphatic rings. The van der Waals surface area contributed by atoms with Gasteiger partial charge in [-0.2, -0.15) is 0 Å². The fourth-order valence-electron chi connectivity index (χ4n) is 2.57. The van der Waals surface area contributed by atoms with E-state index < -0.39 is 0 Å². The van der Waals surface area contributed by atoms with Crippen molar-refractivity contribution in [3.05, 3.63) is 71.3 Å². The maximum atomic E-state index is 12.9. The molecule has 0 bridgehead atoms. The average Bonchev–Trinajstić information content (AvgIpc) is 2.66. The lowest BCUT2D eigenvalue weighted by molar-refractivity contribution is 0.0690. The van der Waals surface area contributed by atoms with E-state index in [0.29, 0.717) is 30.8 Å². The number of nitrogens with zero attached hydrogens (tertiary/aromatic N) is 1. The number of carbonyl (C=O) groups excluding carboxylic acids is 2. The first-order valence-corrected chi connectivity index (χ1v) is 8.75. The fourth-order valence-corrected chi connectivity index (χ4v) is 2.57. The Bertz CT molecular complexity index is 712. The van der Waals surface area contributed by atoms with Crippen LogP contribution in [0, 0.1) is 0 Å². The molecule has 0 heterocycles. The minimum Gasteiger partial charge on any atom is -0.383 e. The molecule has 2 rings (SSSR count). The van der Waals surface area contributed by atoms with E-state index in [0.717, 1.165) is 5.56 Å². The SMILES string of the molecule is COCCNC(=O)c1ccc(C(=O)N(Cc2ccccc2)C(C)C)cc1. The lowest BCUT2D eigenvalue weighted by Crippen LogP contribution is -2.36. The molecule has 0 unspecified atom stereocenters. The van der Waals surface area contributed by atoms with E-state index >= 15 is 0 Å². The summed E-state index contributed by atoms with van der Waals surface area (Å²) in [5, 5.41) is 2.76. The third-order valence-electron chi connectivity index (χ3n) is 4.07. The molecule has 0 atom stereocenters. The molecule has 0 aliphatic heterocycles. The molecule has 0 fully saturated rings. The Labute approximate surface area is 155 Å². The molecule has 5 heteroatoms. The van der Waals surface area contributed by atoms with E-state index in [1.165, 1.54) is 0 Å². The highest BCUT2D eigenvalue weighted by Crippen LogP contribution is 2.14. The molecule has 0 radical (unpaired) electrons. The molecule has 0 saturated heterocycles. The third-order valence-corrected chi connectivity index (χ3v) is 4.07. The summed E-state index contributed by atoms with van der Waals surface area (Å²) in [7, 11) is 1.59. The van der Waals surface area contributed by atoms with Crippen molar-refractivity contribution in [2.24, 2.45) is 0 Å². The molecule has 0 saturated carbocycles. The van der Waals surface area contributed by atoms with Gasteiger partial charge in [0.05, 0.1) is 6.61 Å². The standard InChI is InChI=1S/C21H26N2O3/c1-16(2)23(15-17-7-5-4-6-8-17)21(25)19-11-9-18(10-12-19)20(24)22-13-14-26-3/h4-12,16H,13-15H2,1-3H3,(H,22,24). The van der Waals surface area contributed by atoms with Crippen molar-refractivity contribution < 1.29 is 14.3 Å².